The molecule has 1 aromatic carbocycles. The van der Waals surface area contributed by atoms with Crippen molar-refractivity contribution in [3.8, 4) is 11.5 Å². The largest absolute Gasteiger partial charge is 0.493 e. The average Bonchev–Trinajstić information content (AvgIpc) is 2.39. The van der Waals surface area contributed by atoms with Crippen LogP contribution in [-0.2, 0) is 0 Å². The maximum Gasteiger partial charge on any atom is 0.161 e. The first-order valence-corrected chi connectivity index (χ1v) is 6.70. The highest BCUT2D eigenvalue weighted by molar-refractivity contribution is 9.10. The van der Waals surface area contributed by atoms with Crippen molar-refractivity contribution in [3.05, 3.63) is 22.2 Å². The number of benzene rings is 1. The SMILES string of the molecule is COc1cc(Br)c(C2CCCCN2)cc1OC. The zero-order valence-corrected chi connectivity index (χ0v) is 11.8. The molecule has 0 saturated carbocycles. The van der Waals surface area contributed by atoms with E-state index in [1.54, 1.807) is 14.2 Å². The summed E-state index contributed by atoms with van der Waals surface area (Å²) in [5.41, 5.74) is 1.25. The van der Waals surface area contributed by atoms with Crippen molar-refractivity contribution in [2.24, 2.45) is 0 Å². The van der Waals surface area contributed by atoms with E-state index >= 15 is 0 Å². The van der Waals surface area contributed by atoms with Crippen LogP contribution in [0.5, 0.6) is 11.5 Å². The van der Waals surface area contributed by atoms with Gasteiger partial charge in [0.1, 0.15) is 0 Å². The fraction of sp³-hybridized carbons (Fsp3) is 0.538. The summed E-state index contributed by atoms with van der Waals surface area (Å²) in [7, 11) is 3.33. The molecule has 0 bridgehead atoms. The molecule has 0 radical (unpaired) electrons. The Hall–Kier alpha value is -0.740. The molecule has 17 heavy (non-hydrogen) atoms. The summed E-state index contributed by atoms with van der Waals surface area (Å²) in [6, 6.07) is 4.45. The molecule has 1 saturated heterocycles. The molecule has 0 amide bonds. The number of ether oxygens (including phenoxy) is 2. The molecule has 0 aliphatic carbocycles. The van der Waals surface area contributed by atoms with Crippen LogP contribution in [0, 0.1) is 0 Å². The van der Waals surface area contributed by atoms with Crippen LogP contribution in [0.1, 0.15) is 30.9 Å². The second-order valence-electron chi connectivity index (χ2n) is 4.23. The van der Waals surface area contributed by atoms with Crippen molar-refractivity contribution in [2.45, 2.75) is 25.3 Å². The highest BCUT2D eigenvalue weighted by Gasteiger charge is 2.19. The van der Waals surface area contributed by atoms with Gasteiger partial charge in [-0.2, -0.15) is 0 Å². The van der Waals surface area contributed by atoms with Crippen LogP contribution in [0.4, 0.5) is 0 Å². The van der Waals surface area contributed by atoms with Gasteiger partial charge in [-0.1, -0.05) is 22.4 Å². The summed E-state index contributed by atoms with van der Waals surface area (Å²) in [6.07, 6.45) is 3.72. The van der Waals surface area contributed by atoms with Gasteiger partial charge >= 0.3 is 0 Å². The zero-order valence-electron chi connectivity index (χ0n) is 10.3. The van der Waals surface area contributed by atoms with Gasteiger partial charge < -0.3 is 14.8 Å². The lowest BCUT2D eigenvalue weighted by atomic mass is 9.97. The number of methoxy groups -OCH3 is 2. The topological polar surface area (TPSA) is 30.5 Å². The fourth-order valence-electron chi connectivity index (χ4n) is 2.25. The molecule has 1 aromatic rings. The van der Waals surface area contributed by atoms with Crippen LogP contribution < -0.4 is 14.8 Å². The van der Waals surface area contributed by atoms with Gasteiger partial charge in [-0.15, -0.1) is 0 Å². The van der Waals surface area contributed by atoms with Crippen LogP contribution in [0.25, 0.3) is 0 Å². The Morgan fingerprint density at radius 3 is 2.47 bits per heavy atom. The van der Waals surface area contributed by atoms with E-state index < -0.39 is 0 Å². The summed E-state index contributed by atoms with van der Waals surface area (Å²) in [5.74, 6) is 1.55. The molecule has 1 aliphatic heterocycles. The van der Waals surface area contributed by atoms with Gasteiger partial charge in [-0.3, -0.25) is 0 Å². The molecule has 1 atom stereocenters. The van der Waals surface area contributed by atoms with E-state index in [9.17, 15) is 0 Å². The van der Waals surface area contributed by atoms with Gasteiger partial charge in [0, 0.05) is 10.5 Å². The first-order chi connectivity index (χ1) is 8.26. The number of piperidine rings is 1. The molecule has 0 aromatic heterocycles. The second kappa shape index (κ2) is 5.74. The average molecular weight is 300 g/mol. The van der Waals surface area contributed by atoms with Crippen molar-refractivity contribution in [1.29, 1.82) is 0 Å². The number of halogens is 1. The van der Waals surface area contributed by atoms with Gasteiger partial charge in [0.25, 0.3) is 0 Å². The van der Waals surface area contributed by atoms with E-state index in [2.05, 4.69) is 27.3 Å². The van der Waals surface area contributed by atoms with Crippen LogP contribution in [0.3, 0.4) is 0 Å². The van der Waals surface area contributed by atoms with Gasteiger partial charge in [-0.25, -0.2) is 0 Å². The minimum absolute atomic E-state index is 0.415. The summed E-state index contributed by atoms with van der Waals surface area (Å²) in [4.78, 5) is 0. The van der Waals surface area contributed by atoms with Crippen molar-refractivity contribution >= 4 is 15.9 Å². The maximum absolute atomic E-state index is 5.35. The van der Waals surface area contributed by atoms with Gasteiger partial charge in [0.05, 0.1) is 14.2 Å². The fourth-order valence-corrected chi connectivity index (χ4v) is 2.85. The smallest absolute Gasteiger partial charge is 0.161 e. The van der Waals surface area contributed by atoms with Crippen molar-refractivity contribution in [2.75, 3.05) is 20.8 Å². The third-order valence-corrected chi connectivity index (χ3v) is 3.88. The van der Waals surface area contributed by atoms with Gasteiger partial charge in [-0.05, 0) is 37.1 Å². The number of rotatable bonds is 3. The molecule has 1 N–H and O–H groups in total. The zero-order chi connectivity index (χ0) is 12.3. The van der Waals surface area contributed by atoms with E-state index in [1.165, 1.54) is 24.8 Å². The lowest BCUT2D eigenvalue weighted by Gasteiger charge is -2.25. The second-order valence-corrected chi connectivity index (χ2v) is 5.09. The normalized spacial score (nSPS) is 20.1. The lowest BCUT2D eigenvalue weighted by Crippen LogP contribution is -2.27. The quantitative estimate of drug-likeness (QED) is 0.929. The maximum atomic E-state index is 5.35. The van der Waals surface area contributed by atoms with E-state index in [4.69, 9.17) is 9.47 Å². The molecule has 1 unspecified atom stereocenters. The third-order valence-electron chi connectivity index (χ3n) is 3.19. The Morgan fingerprint density at radius 2 is 1.88 bits per heavy atom. The molecule has 1 heterocycles. The predicted octanol–water partition coefficient (Wildman–Crippen LogP) is 3.28. The highest BCUT2D eigenvalue weighted by Crippen LogP contribution is 2.37. The van der Waals surface area contributed by atoms with Crippen LogP contribution >= 0.6 is 15.9 Å². The predicted molar refractivity (Wildman–Crippen MR) is 71.8 cm³/mol. The minimum atomic E-state index is 0.415. The monoisotopic (exact) mass is 299 g/mol. The molecular weight excluding hydrogens is 282 g/mol. The van der Waals surface area contributed by atoms with E-state index in [-0.39, 0.29) is 0 Å². The van der Waals surface area contributed by atoms with Gasteiger partial charge in [0.2, 0.25) is 0 Å². The molecule has 2 rings (SSSR count). The Bertz CT molecular complexity index is 389. The highest BCUT2D eigenvalue weighted by atomic mass is 79.9. The van der Waals surface area contributed by atoms with Gasteiger partial charge in [0.15, 0.2) is 11.5 Å². The number of hydrogen-bond donors (Lipinski definition) is 1. The lowest BCUT2D eigenvalue weighted by molar-refractivity contribution is 0.351. The summed E-state index contributed by atoms with van der Waals surface area (Å²) in [6.45, 7) is 1.09. The number of nitrogens with one attached hydrogen (secondary N) is 1. The molecule has 1 fully saturated rings. The summed E-state index contributed by atoms with van der Waals surface area (Å²) in [5, 5.41) is 3.54. The molecule has 4 heteroatoms. The Morgan fingerprint density at radius 1 is 1.18 bits per heavy atom. The van der Waals surface area contributed by atoms with Crippen molar-refractivity contribution in [1.82, 2.24) is 5.32 Å². The summed E-state index contributed by atoms with van der Waals surface area (Å²) >= 11 is 3.61. The minimum Gasteiger partial charge on any atom is -0.493 e. The molecule has 1 aliphatic rings. The van der Waals surface area contributed by atoms with Crippen LogP contribution in [0.2, 0.25) is 0 Å². The Labute approximate surface area is 111 Å². The standard InChI is InChI=1S/C13H18BrNO2/c1-16-12-7-9(10(14)8-13(12)17-2)11-5-3-4-6-15-11/h7-8,11,15H,3-6H2,1-2H3. The van der Waals surface area contributed by atoms with E-state index in [0.29, 0.717) is 6.04 Å². The molecular formula is C13H18BrNO2. The van der Waals surface area contributed by atoms with Crippen molar-refractivity contribution < 1.29 is 9.47 Å². The first-order valence-electron chi connectivity index (χ1n) is 5.91. The first kappa shape index (κ1) is 12.7. The van der Waals surface area contributed by atoms with E-state index in [0.717, 1.165) is 22.5 Å². The molecule has 0 spiro atoms. The Kier molecular flexibility index (Phi) is 4.29. The van der Waals surface area contributed by atoms with Crippen LogP contribution in [0.15, 0.2) is 16.6 Å². The number of hydrogen-bond acceptors (Lipinski definition) is 3. The Balaban J connectivity index is 2.32. The van der Waals surface area contributed by atoms with Crippen LogP contribution in [-0.4, -0.2) is 20.8 Å². The van der Waals surface area contributed by atoms with Crippen molar-refractivity contribution in [3.63, 3.8) is 0 Å². The van der Waals surface area contributed by atoms with E-state index in [1.807, 2.05) is 6.07 Å². The third kappa shape index (κ3) is 2.75. The summed E-state index contributed by atoms with van der Waals surface area (Å²) < 4.78 is 11.7. The molecule has 94 valence electrons. The molecule has 3 nitrogen and oxygen atoms in total.